The molecule has 1 aliphatic heterocycles. The summed E-state index contributed by atoms with van der Waals surface area (Å²) in [6.45, 7) is 3.08. The molecule has 1 atom stereocenters. The quantitative estimate of drug-likeness (QED) is 0.856. The van der Waals surface area contributed by atoms with Crippen LogP contribution in [0.5, 0.6) is 0 Å². The Labute approximate surface area is 103 Å². The van der Waals surface area contributed by atoms with Crippen LogP contribution in [0.2, 0.25) is 0 Å². The van der Waals surface area contributed by atoms with Gasteiger partial charge in [0.2, 0.25) is 0 Å². The third-order valence-electron chi connectivity index (χ3n) is 2.87. The Morgan fingerprint density at radius 1 is 1.56 bits per heavy atom. The number of amides is 1. The van der Waals surface area contributed by atoms with Gasteiger partial charge in [-0.2, -0.15) is 0 Å². The van der Waals surface area contributed by atoms with Crippen molar-refractivity contribution >= 4 is 21.8 Å². The second-order valence-electron chi connectivity index (χ2n) is 4.16. The number of hydrogen-bond acceptors (Lipinski definition) is 2. The first kappa shape index (κ1) is 11.6. The van der Waals surface area contributed by atoms with E-state index in [1.54, 1.807) is 4.90 Å². The molecule has 0 radical (unpaired) electrons. The highest BCUT2D eigenvalue weighted by atomic mass is 79.9. The van der Waals surface area contributed by atoms with Gasteiger partial charge in [0.05, 0.1) is 6.10 Å². The minimum absolute atomic E-state index is 0.00255. The maximum absolute atomic E-state index is 12.1. The SMILES string of the molecule is Cc1ccc(C(=O)N2CC[C@H](O)C2)cc1Br. The number of halogens is 1. The fraction of sp³-hybridized carbons (Fsp3) is 0.417. The van der Waals surface area contributed by atoms with Crippen molar-refractivity contribution in [3.05, 3.63) is 33.8 Å². The van der Waals surface area contributed by atoms with Crippen LogP contribution in [-0.2, 0) is 0 Å². The summed E-state index contributed by atoms with van der Waals surface area (Å²) in [5, 5.41) is 9.39. The van der Waals surface area contributed by atoms with E-state index in [1.165, 1.54) is 0 Å². The molecule has 1 heterocycles. The molecule has 2 rings (SSSR count). The Hall–Kier alpha value is -0.870. The zero-order chi connectivity index (χ0) is 11.7. The zero-order valence-electron chi connectivity index (χ0n) is 9.11. The highest BCUT2D eigenvalue weighted by molar-refractivity contribution is 9.10. The maximum atomic E-state index is 12.1. The van der Waals surface area contributed by atoms with E-state index in [0.29, 0.717) is 25.1 Å². The van der Waals surface area contributed by atoms with Crippen molar-refractivity contribution in [2.75, 3.05) is 13.1 Å². The summed E-state index contributed by atoms with van der Waals surface area (Å²) >= 11 is 3.41. The van der Waals surface area contributed by atoms with E-state index in [1.807, 2.05) is 25.1 Å². The van der Waals surface area contributed by atoms with Crippen LogP contribution in [-0.4, -0.2) is 35.1 Å². The molecule has 0 saturated carbocycles. The lowest BCUT2D eigenvalue weighted by atomic mass is 10.1. The molecule has 0 spiro atoms. The number of hydrogen-bond donors (Lipinski definition) is 1. The first-order chi connectivity index (χ1) is 7.58. The number of carbonyl (C=O) groups excluding carboxylic acids is 1. The van der Waals surface area contributed by atoms with Crippen molar-refractivity contribution in [2.24, 2.45) is 0 Å². The van der Waals surface area contributed by atoms with Gasteiger partial charge >= 0.3 is 0 Å². The maximum Gasteiger partial charge on any atom is 0.253 e. The Morgan fingerprint density at radius 2 is 2.31 bits per heavy atom. The van der Waals surface area contributed by atoms with Gasteiger partial charge in [-0.25, -0.2) is 0 Å². The molecule has 0 aromatic heterocycles. The van der Waals surface area contributed by atoms with E-state index in [4.69, 9.17) is 0 Å². The molecule has 3 nitrogen and oxygen atoms in total. The van der Waals surface area contributed by atoms with Gasteiger partial charge in [0.1, 0.15) is 0 Å². The Balaban J connectivity index is 2.18. The molecule has 0 unspecified atom stereocenters. The molecular weight excluding hydrogens is 270 g/mol. The van der Waals surface area contributed by atoms with E-state index < -0.39 is 0 Å². The highest BCUT2D eigenvalue weighted by Crippen LogP contribution is 2.20. The third kappa shape index (κ3) is 2.28. The van der Waals surface area contributed by atoms with E-state index in [-0.39, 0.29) is 12.0 Å². The van der Waals surface area contributed by atoms with Gasteiger partial charge in [-0.3, -0.25) is 4.79 Å². The lowest BCUT2D eigenvalue weighted by molar-refractivity contribution is 0.0765. The molecule has 1 aliphatic rings. The van der Waals surface area contributed by atoms with Gasteiger partial charge in [-0.05, 0) is 31.0 Å². The fourth-order valence-electron chi connectivity index (χ4n) is 1.83. The predicted molar refractivity (Wildman–Crippen MR) is 65.4 cm³/mol. The van der Waals surface area contributed by atoms with Crippen molar-refractivity contribution in [1.82, 2.24) is 4.90 Å². The van der Waals surface area contributed by atoms with E-state index in [2.05, 4.69) is 15.9 Å². The molecule has 1 amide bonds. The third-order valence-corrected chi connectivity index (χ3v) is 3.72. The van der Waals surface area contributed by atoms with Crippen molar-refractivity contribution in [1.29, 1.82) is 0 Å². The van der Waals surface area contributed by atoms with Gasteiger partial charge in [0.25, 0.3) is 5.91 Å². The van der Waals surface area contributed by atoms with E-state index in [9.17, 15) is 9.90 Å². The number of β-amino-alcohol motifs (C(OH)–C–C–N with tert-alkyl or cyclic N) is 1. The average Bonchev–Trinajstić information content (AvgIpc) is 2.68. The summed E-state index contributed by atoms with van der Waals surface area (Å²) in [5.74, 6) is -0.00255. The summed E-state index contributed by atoms with van der Waals surface area (Å²) in [6.07, 6.45) is 0.316. The molecule has 1 N–H and O–H groups in total. The molecule has 1 aromatic rings. The van der Waals surface area contributed by atoms with Crippen LogP contribution in [0.1, 0.15) is 22.3 Å². The Bertz CT molecular complexity index is 419. The summed E-state index contributed by atoms with van der Waals surface area (Å²) < 4.78 is 0.943. The van der Waals surface area contributed by atoms with Gasteiger partial charge in [0, 0.05) is 23.1 Å². The molecular formula is C12H14BrNO2. The lowest BCUT2D eigenvalue weighted by Crippen LogP contribution is -2.29. The number of nitrogens with zero attached hydrogens (tertiary/aromatic N) is 1. The number of rotatable bonds is 1. The Kier molecular flexibility index (Phi) is 3.30. The lowest BCUT2D eigenvalue weighted by Gasteiger charge is -2.15. The first-order valence-corrected chi connectivity index (χ1v) is 6.10. The standard InChI is InChI=1S/C12H14BrNO2/c1-8-2-3-9(6-11(8)13)12(16)14-5-4-10(15)7-14/h2-3,6,10,15H,4-5,7H2,1H3/t10-/m0/s1. The van der Waals surface area contributed by atoms with Crippen molar-refractivity contribution in [3.63, 3.8) is 0 Å². The van der Waals surface area contributed by atoms with E-state index in [0.717, 1.165) is 10.0 Å². The minimum Gasteiger partial charge on any atom is -0.391 e. The Morgan fingerprint density at radius 3 is 2.88 bits per heavy atom. The monoisotopic (exact) mass is 283 g/mol. The van der Waals surface area contributed by atoms with Crippen molar-refractivity contribution < 1.29 is 9.90 Å². The molecule has 1 aromatic carbocycles. The second-order valence-corrected chi connectivity index (χ2v) is 5.01. The highest BCUT2D eigenvalue weighted by Gasteiger charge is 2.25. The molecule has 4 heteroatoms. The minimum atomic E-state index is -0.363. The van der Waals surface area contributed by atoms with Gasteiger partial charge in [-0.15, -0.1) is 0 Å². The first-order valence-electron chi connectivity index (χ1n) is 5.31. The molecule has 1 fully saturated rings. The van der Waals surface area contributed by atoms with E-state index >= 15 is 0 Å². The molecule has 0 bridgehead atoms. The molecule has 1 saturated heterocycles. The smallest absolute Gasteiger partial charge is 0.253 e. The average molecular weight is 284 g/mol. The molecule has 16 heavy (non-hydrogen) atoms. The second kappa shape index (κ2) is 4.55. The van der Waals surface area contributed by atoms with Gasteiger partial charge < -0.3 is 10.0 Å². The summed E-state index contributed by atoms with van der Waals surface area (Å²) in [5.41, 5.74) is 1.78. The largest absolute Gasteiger partial charge is 0.391 e. The summed E-state index contributed by atoms with van der Waals surface area (Å²) in [4.78, 5) is 13.7. The van der Waals surface area contributed by atoms with Gasteiger partial charge in [0.15, 0.2) is 0 Å². The number of carbonyl (C=O) groups is 1. The summed E-state index contributed by atoms with van der Waals surface area (Å²) in [6, 6.07) is 5.58. The van der Waals surface area contributed by atoms with Crippen LogP contribution in [0, 0.1) is 6.92 Å². The number of aliphatic hydroxyl groups is 1. The van der Waals surface area contributed by atoms with Gasteiger partial charge in [-0.1, -0.05) is 22.0 Å². The summed E-state index contributed by atoms with van der Waals surface area (Å²) in [7, 11) is 0. The van der Waals surface area contributed by atoms with Crippen LogP contribution < -0.4 is 0 Å². The number of likely N-dealkylation sites (tertiary alicyclic amines) is 1. The van der Waals surface area contributed by atoms with Crippen LogP contribution in [0.15, 0.2) is 22.7 Å². The normalized spacial score (nSPS) is 20.2. The van der Waals surface area contributed by atoms with Crippen molar-refractivity contribution in [3.8, 4) is 0 Å². The van der Waals surface area contributed by atoms with Crippen LogP contribution in [0.3, 0.4) is 0 Å². The van der Waals surface area contributed by atoms with Crippen LogP contribution in [0.4, 0.5) is 0 Å². The van der Waals surface area contributed by atoms with Crippen molar-refractivity contribution in [2.45, 2.75) is 19.4 Å². The predicted octanol–water partition coefficient (Wildman–Crippen LogP) is 1.96. The molecule has 0 aliphatic carbocycles. The number of benzene rings is 1. The fourth-order valence-corrected chi connectivity index (χ4v) is 2.21. The van der Waals surface area contributed by atoms with Crippen LogP contribution in [0.25, 0.3) is 0 Å². The van der Waals surface area contributed by atoms with Crippen LogP contribution >= 0.6 is 15.9 Å². The number of aliphatic hydroxyl groups excluding tert-OH is 1. The number of aryl methyl sites for hydroxylation is 1. The zero-order valence-corrected chi connectivity index (χ0v) is 10.7. The topological polar surface area (TPSA) is 40.5 Å². The molecule has 86 valence electrons.